The van der Waals surface area contributed by atoms with Crippen molar-refractivity contribution in [1.82, 2.24) is 9.97 Å². The van der Waals surface area contributed by atoms with Crippen molar-refractivity contribution in [3.8, 4) is 11.4 Å². The lowest BCUT2D eigenvalue weighted by Crippen LogP contribution is -2.05. The molecule has 0 aliphatic heterocycles. The number of carbonyl (C=O) groups excluding carboxylic acids is 1. The molecule has 0 amide bonds. The summed E-state index contributed by atoms with van der Waals surface area (Å²) >= 11 is 1.47. The number of carbonyl (C=O) groups is 1. The van der Waals surface area contributed by atoms with E-state index in [2.05, 4.69) is 9.97 Å². The summed E-state index contributed by atoms with van der Waals surface area (Å²) in [5, 5.41) is 0.744. The lowest BCUT2D eigenvalue weighted by molar-refractivity contribution is 0.101. The normalized spacial score (nSPS) is 10.4. The molecule has 2 aromatic rings. The SMILES string of the molecule is CSc1nc(-c2ccccc2)nc(C)c1C(C)=O. The molecule has 1 aromatic carbocycles. The van der Waals surface area contributed by atoms with Crippen LogP contribution in [-0.2, 0) is 0 Å². The molecule has 0 fully saturated rings. The second-order valence-corrected chi connectivity index (χ2v) is 4.73. The van der Waals surface area contributed by atoms with Crippen LogP contribution in [0.15, 0.2) is 35.4 Å². The molecule has 4 heteroatoms. The van der Waals surface area contributed by atoms with E-state index < -0.39 is 0 Å². The molecule has 0 aliphatic rings. The molecule has 0 saturated carbocycles. The summed E-state index contributed by atoms with van der Waals surface area (Å²) in [5.74, 6) is 0.680. The third-order valence-corrected chi connectivity index (χ3v) is 3.32. The summed E-state index contributed by atoms with van der Waals surface area (Å²) in [7, 11) is 0. The van der Waals surface area contributed by atoms with E-state index >= 15 is 0 Å². The van der Waals surface area contributed by atoms with Gasteiger partial charge in [-0.1, -0.05) is 30.3 Å². The van der Waals surface area contributed by atoms with Gasteiger partial charge in [0.15, 0.2) is 11.6 Å². The molecule has 0 unspecified atom stereocenters. The van der Waals surface area contributed by atoms with Crippen LogP contribution >= 0.6 is 11.8 Å². The van der Waals surface area contributed by atoms with Gasteiger partial charge in [0.1, 0.15) is 5.03 Å². The average molecular weight is 258 g/mol. The first-order valence-electron chi connectivity index (χ1n) is 5.62. The van der Waals surface area contributed by atoms with E-state index in [9.17, 15) is 4.79 Å². The fourth-order valence-corrected chi connectivity index (χ4v) is 2.49. The topological polar surface area (TPSA) is 42.9 Å². The molecule has 92 valence electrons. The van der Waals surface area contributed by atoms with Gasteiger partial charge in [-0.2, -0.15) is 0 Å². The number of aromatic nitrogens is 2. The Labute approximate surface area is 111 Å². The first-order valence-corrected chi connectivity index (χ1v) is 6.85. The summed E-state index contributed by atoms with van der Waals surface area (Å²) in [4.78, 5) is 20.5. The minimum Gasteiger partial charge on any atom is -0.294 e. The first kappa shape index (κ1) is 12.8. The lowest BCUT2D eigenvalue weighted by atomic mass is 10.1. The van der Waals surface area contributed by atoms with Gasteiger partial charge in [-0.25, -0.2) is 9.97 Å². The van der Waals surface area contributed by atoms with Crippen LogP contribution in [0.5, 0.6) is 0 Å². The summed E-state index contributed by atoms with van der Waals surface area (Å²) in [6, 6.07) is 9.78. The monoisotopic (exact) mass is 258 g/mol. The van der Waals surface area contributed by atoms with Crippen LogP contribution in [0, 0.1) is 6.92 Å². The van der Waals surface area contributed by atoms with Gasteiger partial charge in [0, 0.05) is 5.56 Å². The van der Waals surface area contributed by atoms with Crippen molar-refractivity contribution < 1.29 is 4.79 Å². The zero-order chi connectivity index (χ0) is 13.1. The van der Waals surface area contributed by atoms with Gasteiger partial charge >= 0.3 is 0 Å². The first-order chi connectivity index (χ1) is 8.63. The number of hydrogen-bond acceptors (Lipinski definition) is 4. The van der Waals surface area contributed by atoms with E-state index in [4.69, 9.17) is 0 Å². The Hall–Kier alpha value is -1.68. The van der Waals surface area contributed by atoms with Crippen molar-refractivity contribution >= 4 is 17.5 Å². The Morgan fingerprint density at radius 2 is 1.83 bits per heavy atom. The predicted molar refractivity (Wildman–Crippen MR) is 74.0 cm³/mol. The highest BCUT2D eigenvalue weighted by molar-refractivity contribution is 7.98. The Morgan fingerprint density at radius 3 is 2.39 bits per heavy atom. The predicted octanol–water partition coefficient (Wildman–Crippen LogP) is 3.38. The standard InChI is InChI=1S/C14H14N2OS/c1-9-12(10(2)17)14(18-3)16-13(15-9)11-7-5-4-6-8-11/h4-8H,1-3H3. The van der Waals surface area contributed by atoms with Gasteiger partial charge in [0.25, 0.3) is 0 Å². The van der Waals surface area contributed by atoms with Crippen LogP contribution in [0.2, 0.25) is 0 Å². The van der Waals surface area contributed by atoms with Crippen LogP contribution in [0.25, 0.3) is 11.4 Å². The number of thioether (sulfide) groups is 1. The van der Waals surface area contributed by atoms with Crippen molar-refractivity contribution in [3.63, 3.8) is 0 Å². The Morgan fingerprint density at radius 1 is 1.17 bits per heavy atom. The molecule has 18 heavy (non-hydrogen) atoms. The summed E-state index contributed by atoms with van der Waals surface area (Å²) in [6.07, 6.45) is 1.92. The maximum absolute atomic E-state index is 11.6. The second kappa shape index (κ2) is 5.31. The molecule has 2 rings (SSSR count). The molecule has 3 nitrogen and oxygen atoms in total. The van der Waals surface area contributed by atoms with Crippen molar-refractivity contribution in [2.75, 3.05) is 6.26 Å². The van der Waals surface area contributed by atoms with Crippen molar-refractivity contribution in [2.24, 2.45) is 0 Å². The molecule has 0 N–H and O–H groups in total. The number of ketones is 1. The van der Waals surface area contributed by atoms with Crippen LogP contribution in [-0.4, -0.2) is 22.0 Å². The molecule has 0 spiro atoms. The highest BCUT2D eigenvalue weighted by Crippen LogP contribution is 2.24. The summed E-state index contributed by atoms with van der Waals surface area (Å²) < 4.78 is 0. The maximum atomic E-state index is 11.6. The van der Waals surface area contributed by atoms with Gasteiger partial charge in [-0.3, -0.25) is 4.79 Å². The number of rotatable bonds is 3. The van der Waals surface area contributed by atoms with E-state index in [-0.39, 0.29) is 5.78 Å². The van der Waals surface area contributed by atoms with Crippen LogP contribution < -0.4 is 0 Å². The Balaban J connectivity index is 2.60. The molecular formula is C14H14N2OS. The fraction of sp³-hybridized carbons (Fsp3) is 0.214. The molecule has 0 bridgehead atoms. The summed E-state index contributed by atoms with van der Waals surface area (Å²) in [6.45, 7) is 3.40. The Kier molecular flexibility index (Phi) is 3.77. The highest BCUT2D eigenvalue weighted by Gasteiger charge is 2.15. The minimum absolute atomic E-state index is 0.0106. The van der Waals surface area contributed by atoms with E-state index in [1.54, 1.807) is 6.92 Å². The van der Waals surface area contributed by atoms with E-state index in [1.165, 1.54) is 11.8 Å². The molecule has 0 atom stereocenters. The zero-order valence-corrected chi connectivity index (χ0v) is 11.4. The van der Waals surface area contributed by atoms with E-state index in [0.717, 1.165) is 16.3 Å². The van der Waals surface area contributed by atoms with E-state index in [0.29, 0.717) is 11.4 Å². The van der Waals surface area contributed by atoms with Crippen LogP contribution in [0.4, 0.5) is 0 Å². The Bertz CT molecular complexity index is 582. The molecule has 0 radical (unpaired) electrons. The summed E-state index contributed by atoms with van der Waals surface area (Å²) in [5.41, 5.74) is 2.33. The van der Waals surface area contributed by atoms with Gasteiger partial charge < -0.3 is 0 Å². The van der Waals surface area contributed by atoms with Gasteiger partial charge in [-0.05, 0) is 20.1 Å². The van der Waals surface area contributed by atoms with Gasteiger partial charge in [-0.15, -0.1) is 11.8 Å². The molecular weight excluding hydrogens is 244 g/mol. The fourth-order valence-electron chi connectivity index (χ4n) is 1.82. The number of benzene rings is 1. The largest absolute Gasteiger partial charge is 0.294 e. The molecule has 0 saturated heterocycles. The molecule has 1 aromatic heterocycles. The van der Waals surface area contributed by atoms with Crippen LogP contribution in [0.1, 0.15) is 23.0 Å². The maximum Gasteiger partial charge on any atom is 0.164 e. The third kappa shape index (κ3) is 2.43. The van der Waals surface area contributed by atoms with Crippen LogP contribution in [0.3, 0.4) is 0 Å². The van der Waals surface area contributed by atoms with Gasteiger partial charge in [0.2, 0.25) is 0 Å². The number of nitrogens with zero attached hydrogens (tertiary/aromatic N) is 2. The van der Waals surface area contributed by atoms with Gasteiger partial charge in [0.05, 0.1) is 11.3 Å². The molecule has 1 heterocycles. The van der Waals surface area contributed by atoms with E-state index in [1.807, 2.05) is 43.5 Å². The quantitative estimate of drug-likeness (QED) is 0.481. The smallest absolute Gasteiger partial charge is 0.164 e. The molecule has 0 aliphatic carbocycles. The average Bonchev–Trinajstić information content (AvgIpc) is 2.38. The number of aryl methyl sites for hydroxylation is 1. The zero-order valence-electron chi connectivity index (χ0n) is 10.6. The number of hydrogen-bond donors (Lipinski definition) is 0. The highest BCUT2D eigenvalue weighted by atomic mass is 32.2. The minimum atomic E-state index is 0.0106. The van der Waals surface area contributed by atoms with Crippen molar-refractivity contribution in [3.05, 3.63) is 41.6 Å². The van der Waals surface area contributed by atoms with Crippen molar-refractivity contribution in [1.29, 1.82) is 0 Å². The number of Topliss-reactive ketones (excluding diaryl/α,β-unsaturated/α-hetero) is 1. The van der Waals surface area contributed by atoms with Crippen molar-refractivity contribution in [2.45, 2.75) is 18.9 Å². The third-order valence-electron chi connectivity index (χ3n) is 2.63. The second-order valence-electron chi connectivity index (χ2n) is 3.94. The lowest BCUT2D eigenvalue weighted by Gasteiger charge is -2.09.